The van der Waals surface area contributed by atoms with Crippen LogP contribution in [0.5, 0.6) is 0 Å². The molecule has 0 radical (unpaired) electrons. The molecule has 8 heteroatoms. The van der Waals surface area contributed by atoms with Gasteiger partial charge in [0.1, 0.15) is 0 Å². The minimum atomic E-state index is -4.20. The number of ether oxygens (including phenoxy) is 1. The van der Waals surface area contributed by atoms with Crippen LogP contribution in [0.25, 0.3) is 0 Å². The number of rotatable bonds is 6. The Hall–Kier alpha value is -0.883. The van der Waals surface area contributed by atoms with Crippen molar-refractivity contribution in [3.8, 4) is 12.3 Å². The predicted molar refractivity (Wildman–Crippen MR) is 63.7 cm³/mol. The van der Waals surface area contributed by atoms with Crippen molar-refractivity contribution < 1.29 is 26.0 Å². The van der Waals surface area contributed by atoms with E-state index in [1.165, 1.54) is 6.92 Å². The minimum absolute atomic E-state index is 0.235. The van der Waals surface area contributed by atoms with E-state index in [0.29, 0.717) is 0 Å². The Bertz CT molecular complexity index is 402. The lowest BCUT2D eigenvalue weighted by Crippen LogP contribution is -2.34. The van der Waals surface area contributed by atoms with Crippen molar-refractivity contribution in [3.05, 3.63) is 0 Å². The highest BCUT2D eigenvalue weighted by Crippen LogP contribution is 2.12. The molecule has 1 atom stereocenters. The van der Waals surface area contributed by atoms with Crippen molar-refractivity contribution in [2.75, 3.05) is 6.61 Å². The Kier molecular flexibility index (Phi) is 5.84. The summed E-state index contributed by atoms with van der Waals surface area (Å²) < 4.78 is 36.6. The van der Waals surface area contributed by atoms with E-state index >= 15 is 0 Å². The van der Waals surface area contributed by atoms with E-state index in [2.05, 4.69) is 14.8 Å². The van der Waals surface area contributed by atoms with Gasteiger partial charge < -0.3 is 4.74 Å². The molecule has 0 rings (SSSR count). The highest BCUT2D eigenvalue weighted by Gasteiger charge is 2.29. The zero-order valence-corrected chi connectivity index (χ0v) is 12.0. The number of hydrogen-bond donors (Lipinski definition) is 0. The summed E-state index contributed by atoms with van der Waals surface area (Å²) >= 11 is 0. The average Bonchev–Trinajstić information content (AvgIpc) is 2.08. The Morgan fingerprint density at radius 2 is 1.94 bits per heavy atom. The SMILES string of the molecule is C#CCOC(=O)C(C)OS(=O)(=O)O[Si](C)(C)C. The second-order valence-electron chi connectivity index (χ2n) is 4.15. The van der Waals surface area contributed by atoms with E-state index in [1.807, 2.05) is 0 Å². The summed E-state index contributed by atoms with van der Waals surface area (Å²) in [5.41, 5.74) is 0. The second-order valence-corrected chi connectivity index (χ2v) is 10.1. The van der Waals surface area contributed by atoms with E-state index in [4.69, 9.17) is 10.3 Å². The van der Waals surface area contributed by atoms with Gasteiger partial charge in [0.15, 0.2) is 12.7 Å². The van der Waals surface area contributed by atoms with Crippen LogP contribution in [-0.4, -0.2) is 35.4 Å². The predicted octanol–water partition coefficient (Wildman–Crippen LogP) is 0.664. The largest absolute Gasteiger partial charge is 0.451 e. The van der Waals surface area contributed by atoms with Crippen LogP contribution in [0, 0.1) is 12.3 Å². The van der Waals surface area contributed by atoms with E-state index in [1.54, 1.807) is 19.6 Å². The maximum atomic E-state index is 11.4. The monoisotopic (exact) mass is 280 g/mol. The summed E-state index contributed by atoms with van der Waals surface area (Å²) in [7, 11) is -6.52. The fourth-order valence-corrected chi connectivity index (χ4v) is 3.81. The van der Waals surface area contributed by atoms with Crippen molar-refractivity contribution >= 4 is 24.7 Å². The van der Waals surface area contributed by atoms with Gasteiger partial charge in [-0.2, -0.15) is 8.42 Å². The van der Waals surface area contributed by atoms with Crippen molar-refractivity contribution in [3.63, 3.8) is 0 Å². The van der Waals surface area contributed by atoms with Gasteiger partial charge in [-0.05, 0) is 26.6 Å². The van der Waals surface area contributed by atoms with Gasteiger partial charge in [-0.15, -0.1) is 6.42 Å². The van der Waals surface area contributed by atoms with Gasteiger partial charge in [0.05, 0.1) is 0 Å². The molecule has 0 spiro atoms. The summed E-state index contributed by atoms with van der Waals surface area (Å²) in [5, 5.41) is 0. The lowest BCUT2D eigenvalue weighted by molar-refractivity contribution is -0.149. The maximum absolute atomic E-state index is 11.4. The molecular formula is C9H16O6SSi. The highest BCUT2D eigenvalue weighted by atomic mass is 32.3. The molecule has 0 amide bonds. The molecule has 0 fully saturated rings. The van der Waals surface area contributed by atoms with Crippen LogP contribution in [0.15, 0.2) is 0 Å². The minimum Gasteiger partial charge on any atom is -0.451 e. The third kappa shape index (κ3) is 7.92. The van der Waals surface area contributed by atoms with Gasteiger partial charge in [-0.1, -0.05) is 5.92 Å². The molecule has 0 heterocycles. The molecule has 1 unspecified atom stereocenters. The van der Waals surface area contributed by atoms with Crippen LogP contribution in [-0.2, 0) is 28.0 Å². The first-order chi connectivity index (χ1) is 7.57. The highest BCUT2D eigenvalue weighted by molar-refractivity contribution is 7.83. The molecule has 98 valence electrons. The van der Waals surface area contributed by atoms with Crippen molar-refractivity contribution in [2.24, 2.45) is 0 Å². The van der Waals surface area contributed by atoms with Crippen LogP contribution in [0.2, 0.25) is 19.6 Å². The molecule has 0 aromatic carbocycles. The molecule has 0 aromatic rings. The number of terminal acetylenes is 1. The lowest BCUT2D eigenvalue weighted by Gasteiger charge is -2.18. The first-order valence-electron chi connectivity index (χ1n) is 4.81. The van der Waals surface area contributed by atoms with Crippen molar-refractivity contribution in [1.29, 1.82) is 0 Å². The number of carbonyl (C=O) groups is 1. The smallest absolute Gasteiger partial charge is 0.390 e. The van der Waals surface area contributed by atoms with Crippen molar-refractivity contribution in [2.45, 2.75) is 32.7 Å². The molecule has 0 aliphatic heterocycles. The third-order valence-corrected chi connectivity index (χ3v) is 4.58. The van der Waals surface area contributed by atoms with Crippen LogP contribution in [0.4, 0.5) is 0 Å². The Labute approximate surface area is 103 Å². The summed E-state index contributed by atoms with van der Waals surface area (Å²) in [4.78, 5) is 11.2. The van der Waals surface area contributed by atoms with Crippen LogP contribution < -0.4 is 0 Å². The molecule has 17 heavy (non-hydrogen) atoms. The van der Waals surface area contributed by atoms with E-state index < -0.39 is 30.8 Å². The molecule has 0 aliphatic carbocycles. The van der Waals surface area contributed by atoms with Gasteiger partial charge in [-0.3, -0.25) is 3.87 Å². The molecule has 0 N–H and O–H groups in total. The first-order valence-corrected chi connectivity index (χ1v) is 9.55. The number of carbonyl (C=O) groups excluding carboxylic acids is 1. The Balaban J connectivity index is 4.43. The quantitative estimate of drug-likeness (QED) is 0.404. The van der Waals surface area contributed by atoms with Crippen LogP contribution >= 0.6 is 0 Å². The second kappa shape index (κ2) is 6.16. The molecule has 0 saturated carbocycles. The van der Waals surface area contributed by atoms with Crippen LogP contribution in [0.1, 0.15) is 6.92 Å². The number of esters is 1. The molecule has 0 saturated heterocycles. The third-order valence-electron chi connectivity index (χ3n) is 1.24. The normalized spacial score (nSPS) is 13.8. The Morgan fingerprint density at radius 1 is 1.41 bits per heavy atom. The molecule has 0 aromatic heterocycles. The van der Waals surface area contributed by atoms with E-state index in [-0.39, 0.29) is 6.61 Å². The van der Waals surface area contributed by atoms with Crippen molar-refractivity contribution in [1.82, 2.24) is 0 Å². The fourth-order valence-electron chi connectivity index (χ4n) is 0.772. The van der Waals surface area contributed by atoms with E-state index in [9.17, 15) is 13.2 Å². The van der Waals surface area contributed by atoms with Crippen LogP contribution in [0.3, 0.4) is 0 Å². The standard InChI is InChI=1S/C9H16O6SSi/c1-6-7-13-9(10)8(2)14-16(11,12)15-17(3,4)5/h1,8H,7H2,2-5H3. The maximum Gasteiger partial charge on any atom is 0.390 e. The average molecular weight is 280 g/mol. The fraction of sp³-hybridized carbons (Fsp3) is 0.667. The summed E-state index contributed by atoms with van der Waals surface area (Å²) in [6.07, 6.45) is 3.59. The molecule has 0 bridgehead atoms. The lowest BCUT2D eigenvalue weighted by atomic mass is 10.4. The van der Waals surface area contributed by atoms with Gasteiger partial charge in [0.2, 0.25) is 8.32 Å². The molecule has 0 aliphatic rings. The zero-order valence-electron chi connectivity index (χ0n) is 10.2. The first kappa shape index (κ1) is 16.1. The summed E-state index contributed by atoms with van der Waals surface area (Å²) in [5.74, 6) is 1.23. The zero-order chi connectivity index (χ0) is 13.7. The summed E-state index contributed by atoms with van der Waals surface area (Å²) in [6, 6.07) is 0. The number of hydrogen-bond acceptors (Lipinski definition) is 6. The molecule has 6 nitrogen and oxygen atoms in total. The van der Waals surface area contributed by atoms with Gasteiger partial charge >= 0.3 is 16.4 Å². The van der Waals surface area contributed by atoms with Gasteiger partial charge in [-0.25, -0.2) is 8.98 Å². The van der Waals surface area contributed by atoms with E-state index in [0.717, 1.165) is 0 Å². The Morgan fingerprint density at radius 3 is 2.35 bits per heavy atom. The van der Waals surface area contributed by atoms with Gasteiger partial charge in [0, 0.05) is 0 Å². The topological polar surface area (TPSA) is 78.9 Å². The summed E-state index contributed by atoms with van der Waals surface area (Å²) in [6.45, 7) is 6.03. The molecular weight excluding hydrogens is 264 g/mol. The van der Waals surface area contributed by atoms with Gasteiger partial charge in [0.25, 0.3) is 0 Å².